The molecule has 2 amide bonds. The van der Waals surface area contributed by atoms with E-state index >= 15 is 0 Å². The number of aliphatic hydroxyl groups excluding tert-OH is 2. The fraction of sp³-hybridized carbons (Fsp3) is 0.606. The first-order valence-electron chi connectivity index (χ1n) is 16.7. The van der Waals surface area contributed by atoms with E-state index in [9.17, 15) is 39.3 Å². The van der Waals surface area contributed by atoms with E-state index in [1.807, 2.05) is 0 Å². The maximum Gasteiger partial charge on any atom is 0.364 e. The van der Waals surface area contributed by atoms with Gasteiger partial charge in [-0.15, -0.1) is 0 Å². The largest absolute Gasteiger partial charge is 0.477 e. The number of ether oxygens (including phenoxy) is 3. The Balaban J connectivity index is 1.46. The summed E-state index contributed by atoms with van der Waals surface area (Å²) in [6.07, 6.45) is -2.17. The summed E-state index contributed by atoms with van der Waals surface area (Å²) in [5.74, 6) is -4.42. The molecule has 278 valence electrons. The van der Waals surface area contributed by atoms with E-state index in [0.29, 0.717) is 69.1 Å². The van der Waals surface area contributed by atoms with Crippen molar-refractivity contribution in [2.45, 2.75) is 82.0 Å². The van der Waals surface area contributed by atoms with Gasteiger partial charge < -0.3 is 56.5 Å². The van der Waals surface area contributed by atoms with Gasteiger partial charge in [-0.2, -0.15) is 0 Å². The predicted octanol–water partition coefficient (Wildman–Crippen LogP) is -0.143. The number of nitrogens with two attached hydrogens (primary N) is 1. The van der Waals surface area contributed by atoms with E-state index < -0.39 is 58.8 Å². The van der Waals surface area contributed by atoms with Crippen LogP contribution in [0.25, 0.3) is 0 Å². The van der Waals surface area contributed by atoms with Crippen LogP contribution in [0.1, 0.15) is 51.0 Å². The van der Waals surface area contributed by atoms with Crippen molar-refractivity contribution in [3.05, 3.63) is 55.3 Å². The Kier molecular flexibility index (Phi) is 16.5. The molecule has 0 aromatic heterocycles. The zero-order valence-corrected chi connectivity index (χ0v) is 28.8. The van der Waals surface area contributed by atoms with Crippen LogP contribution < -0.4 is 37.9 Å². The highest BCUT2D eigenvalue weighted by molar-refractivity contribution is 6.30. The van der Waals surface area contributed by atoms with E-state index in [1.54, 1.807) is 24.3 Å². The van der Waals surface area contributed by atoms with Crippen molar-refractivity contribution in [1.29, 1.82) is 0 Å². The molecule has 17 heteroatoms. The van der Waals surface area contributed by atoms with Crippen LogP contribution in [0.5, 0.6) is 0 Å². The zero-order chi connectivity index (χ0) is 36.7. The molecule has 5 atom stereocenters. The Morgan fingerprint density at radius 3 is 2.30 bits per heavy atom. The number of halogens is 1. The molecule has 1 aliphatic heterocycles. The third kappa shape index (κ3) is 12.0. The van der Waals surface area contributed by atoms with Crippen molar-refractivity contribution in [1.82, 2.24) is 10.6 Å². The number of carboxylic acid groups (broad SMARTS) is 1. The van der Waals surface area contributed by atoms with Crippen LogP contribution in [-0.4, -0.2) is 109 Å². The van der Waals surface area contributed by atoms with Gasteiger partial charge in [0, 0.05) is 44.5 Å². The van der Waals surface area contributed by atoms with Gasteiger partial charge in [0.1, 0.15) is 23.6 Å². The molecule has 3 rings (SSSR count). The standard InChI is InChI=1S/C33H48ClN5O11/c1-20(40)39-23-10-11-33(32(46)47,50-31(23)28(43)24(41)19-38-25(42)18-21-6-8-22(34)9-7-21)49-15-5-3-2-4-13-36-26-27(30(45)29(26)44)37-14-17-48-16-12-35/h6-9,23-24,28,31,36-37,41,43H,2-5,10-19,35H2,1H3,(H,38,42)(H,39,40)(H,46,47)/t23-,24-,28-,31-,33-/m1/s1. The van der Waals surface area contributed by atoms with Gasteiger partial charge in [-0.05, 0) is 37.0 Å². The molecule has 2 aromatic carbocycles. The Morgan fingerprint density at radius 1 is 1.00 bits per heavy atom. The molecule has 1 saturated heterocycles. The van der Waals surface area contributed by atoms with Crippen LogP contribution in [0, 0.1) is 0 Å². The van der Waals surface area contributed by atoms with Crippen molar-refractivity contribution >= 4 is 40.8 Å². The van der Waals surface area contributed by atoms with Crippen molar-refractivity contribution in [3.8, 4) is 0 Å². The van der Waals surface area contributed by atoms with Crippen LogP contribution in [0.2, 0.25) is 5.02 Å². The summed E-state index contributed by atoms with van der Waals surface area (Å²) in [5.41, 5.74) is 5.38. The number of carbonyl (C=O) groups excluding carboxylic acids is 2. The second-order valence-corrected chi connectivity index (χ2v) is 12.5. The van der Waals surface area contributed by atoms with E-state index in [-0.39, 0.29) is 43.8 Å². The highest BCUT2D eigenvalue weighted by atomic mass is 35.5. The van der Waals surface area contributed by atoms with Gasteiger partial charge in [0.25, 0.3) is 16.6 Å². The number of hydrogen-bond donors (Lipinski definition) is 8. The Bertz CT molecular complexity index is 1470. The minimum Gasteiger partial charge on any atom is -0.477 e. The number of benzene rings is 1. The number of nitrogens with one attached hydrogen (secondary N) is 4. The molecule has 0 unspecified atom stereocenters. The van der Waals surface area contributed by atoms with Gasteiger partial charge in [-0.3, -0.25) is 19.2 Å². The molecule has 1 aliphatic rings. The average Bonchev–Trinajstić information content (AvgIpc) is 3.09. The number of amides is 2. The van der Waals surface area contributed by atoms with Gasteiger partial charge in [0.05, 0.1) is 38.4 Å². The van der Waals surface area contributed by atoms with Crippen LogP contribution in [-0.2, 0) is 35.0 Å². The topological polar surface area (TPSA) is 248 Å². The molecule has 9 N–H and O–H groups in total. The summed E-state index contributed by atoms with van der Waals surface area (Å²) >= 11 is 5.87. The van der Waals surface area contributed by atoms with Crippen molar-refractivity contribution < 1.29 is 43.9 Å². The van der Waals surface area contributed by atoms with Gasteiger partial charge in [0.2, 0.25) is 11.8 Å². The first-order valence-corrected chi connectivity index (χ1v) is 17.0. The summed E-state index contributed by atoms with van der Waals surface area (Å²) < 4.78 is 16.9. The number of hydrogen-bond acceptors (Lipinski definition) is 13. The van der Waals surface area contributed by atoms with Gasteiger partial charge in [-0.25, -0.2) is 4.79 Å². The summed E-state index contributed by atoms with van der Waals surface area (Å²) in [6, 6.07) is 5.81. The van der Waals surface area contributed by atoms with Crippen LogP contribution in [0.4, 0.5) is 11.4 Å². The lowest BCUT2D eigenvalue weighted by Gasteiger charge is -2.44. The lowest BCUT2D eigenvalue weighted by Crippen LogP contribution is -2.63. The number of unbranched alkanes of at least 4 members (excludes halogenated alkanes) is 3. The van der Waals surface area contributed by atoms with Gasteiger partial charge >= 0.3 is 5.97 Å². The molecular formula is C33H48ClN5O11. The Morgan fingerprint density at radius 2 is 1.66 bits per heavy atom. The third-order valence-corrected chi connectivity index (χ3v) is 8.42. The molecular weight excluding hydrogens is 678 g/mol. The van der Waals surface area contributed by atoms with Gasteiger partial charge in [-0.1, -0.05) is 36.6 Å². The second-order valence-electron chi connectivity index (χ2n) is 12.1. The molecule has 0 aliphatic carbocycles. The molecule has 2 aromatic rings. The van der Waals surface area contributed by atoms with Crippen molar-refractivity contribution in [2.75, 3.05) is 56.6 Å². The number of aliphatic carboxylic acids is 1. The van der Waals surface area contributed by atoms with Crippen LogP contribution in [0.3, 0.4) is 0 Å². The number of carboxylic acids is 1. The lowest BCUT2D eigenvalue weighted by atomic mass is 9.90. The monoisotopic (exact) mass is 725 g/mol. The number of carbonyl (C=O) groups is 3. The average molecular weight is 726 g/mol. The second kappa shape index (κ2) is 20.3. The first-order chi connectivity index (χ1) is 23.9. The summed E-state index contributed by atoms with van der Waals surface area (Å²) in [7, 11) is 0. The van der Waals surface area contributed by atoms with Gasteiger partial charge in [0.15, 0.2) is 0 Å². The maximum absolute atomic E-state index is 12.4. The summed E-state index contributed by atoms with van der Waals surface area (Å²) in [6.45, 7) is 2.85. The Hall–Kier alpha value is -3.64. The summed E-state index contributed by atoms with van der Waals surface area (Å²) in [4.78, 5) is 60.5. The normalized spacial score (nSPS) is 20.2. The molecule has 0 spiro atoms. The minimum absolute atomic E-state index is 0.00451. The number of rotatable bonds is 23. The van der Waals surface area contributed by atoms with E-state index in [2.05, 4.69) is 21.3 Å². The maximum atomic E-state index is 12.4. The fourth-order valence-electron chi connectivity index (χ4n) is 5.52. The SMILES string of the molecule is CC(=O)N[C@@H]1CC[C@](OCCCCCCNc2c(NCCOCCN)c(=O)c2=O)(C(=O)O)O[C@H]1[C@H](O)[C@H](O)CNC(=O)Cc1ccc(Cl)cc1. The van der Waals surface area contributed by atoms with E-state index in [0.717, 1.165) is 0 Å². The highest BCUT2D eigenvalue weighted by Crippen LogP contribution is 2.33. The van der Waals surface area contributed by atoms with Crippen LogP contribution in [0.15, 0.2) is 33.9 Å². The molecule has 0 saturated carbocycles. The quantitative estimate of drug-likeness (QED) is 0.0549. The number of aliphatic hydroxyl groups is 2. The third-order valence-electron chi connectivity index (χ3n) is 8.17. The minimum atomic E-state index is -2.14. The summed E-state index contributed by atoms with van der Waals surface area (Å²) in [5, 5.41) is 43.5. The fourth-order valence-corrected chi connectivity index (χ4v) is 5.65. The molecule has 16 nitrogen and oxygen atoms in total. The highest BCUT2D eigenvalue weighted by Gasteiger charge is 2.52. The Labute approximate surface area is 294 Å². The number of anilines is 2. The molecule has 0 bridgehead atoms. The molecule has 50 heavy (non-hydrogen) atoms. The predicted molar refractivity (Wildman–Crippen MR) is 185 cm³/mol. The molecule has 0 radical (unpaired) electrons. The smallest absolute Gasteiger partial charge is 0.364 e. The van der Waals surface area contributed by atoms with Crippen molar-refractivity contribution in [2.24, 2.45) is 5.73 Å². The zero-order valence-electron chi connectivity index (χ0n) is 28.1. The van der Waals surface area contributed by atoms with E-state index in [4.69, 9.17) is 31.5 Å². The van der Waals surface area contributed by atoms with Crippen molar-refractivity contribution in [3.63, 3.8) is 0 Å². The van der Waals surface area contributed by atoms with Crippen LogP contribution >= 0.6 is 11.6 Å². The first kappa shape index (κ1) is 40.8. The molecule has 1 heterocycles. The lowest BCUT2D eigenvalue weighted by molar-refractivity contribution is -0.296. The van der Waals surface area contributed by atoms with E-state index in [1.165, 1.54) is 6.92 Å². The molecule has 1 fully saturated rings.